The lowest BCUT2D eigenvalue weighted by atomic mass is 9.95. The molecular formula is C30H26BrN3O4S2. The highest BCUT2D eigenvalue weighted by molar-refractivity contribution is 9.10. The second-order valence-corrected chi connectivity index (χ2v) is 12.2. The van der Waals surface area contributed by atoms with E-state index in [0.29, 0.717) is 38.7 Å². The van der Waals surface area contributed by atoms with Crippen molar-refractivity contribution in [2.45, 2.75) is 35.9 Å². The van der Waals surface area contributed by atoms with Gasteiger partial charge in [0.05, 0.1) is 18.2 Å². The van der Waals surface area contributed by atoms with Gasteiger partial charge in [-0.1, -0.05) is 94.8 Å². The summed E-state index contributed by atoms with van der Waals surface area (Å²) < 4.78 is 7.25. The van der Waals surface area contributed by atoms with Gasteiger partial charge in [0.1, 0.15) is 11.5 Å². The third kappa shape index (κ3) is 6.14. The molecule has 1 aliphatic heterocycles. The van der Waals surface area contributed by atoms with Crippen LogP contribution in [-0.2, 0) is 15.3 Å². The summed E-state index contributed by atoms with van der Waals surface area (Å²) in [7, 11) is 0. The fraction of sp³-hybridized carbons (Fsp3) is 0.200. The number of rotatable bonds is 10. The molecule has 0 bridgehead atoms. The second-order valence-electron chi connectivity index (χ2n) is 9.07. The predicted octanol–water partition coefficient (Wildman–Crippen LogP) is 7.40. The molecule has 40 heavy (non-hydrogen) atoms. The molecule has 204 valence electrons. The van der Waals surface area contributed by atoms with Crippen LogP contribution in [0.5, 0.6) is 5.75 Å². The summed E-state index contributed by atoms with van der Waals surface area (Å²) in [5, 5.41) is 20.2. The van der Waals surface area contributed by atoms with Gasteiger partial charge in [-0.2, -0.15) is 0 Å². The number of ketones is 1. The lowest BCUT2D eigenvalue weighted by Crippen LogP contribution is -2.29. The molecule has 1 saturated heterocycles. The smallest absolute Gasteiger partial charge is 0.301 e. The molecule has 1 fully saturated rings. The Bertz CT molecular complexity index is 1520. The molecule has 5 rings (SSSR count). The number of thioether (sulfide) groups is 1. The molecule has 3 aromatic carbocycles. The van der Waals surface area contributed by atoms with E-state index < -0.39 is 17.7 Å². The van der Waals surface area contributed by atoms with Crippen LogP contribution in [0.3, 0.4) is 0 Å². The third-order valence-electron chi connectivity index (χ3n) is 6.33. The van der Waals surface area contributed by atoms with Crippen LogP contribution >= 0.6 is 39.0 Å². The summed E-state index contributed by atoms with van der Waals surface area (Å²) in [5.41, 5.74) is 2.22. The summed E-state index contributed by atoms with van der Waals surface area (Å²) in [5.74, 6) is -0.420. The summed E-state index contributed by atoms with van der Waals surface area (Å²) >= 11 is 6.19. The highest BCUT2D eigenvalue weighted by Gasteiger charge is 2.48. The van der Waals surface area contributed by atoms with Crippen LogP contribution in [0.15, 0.2) is 93.2 Å². The number of carbonyl (C=O) groups is 2. The van der Waals surface area contributed by atoms with E-state index in [2.05, 4.69) is 33.1 Å². The molecule has 0 spiro atoms. The highest BCUT2D eigenvalue weighted by atomic mass is 79.9. The second kappa shape index (κ2) is 12.8. The summed E-state index contributed by atoms with van der Waals surface area (Å²) in [6.07, 6.45) is 1.97. The number of carbonyl (C=O) groups excluding carboxylic acids is 2. The lowest BCUT2D eigenvalue weighted by molar-refractivity contribution is -0.132. The standard InChI is InChI=1S/C30H26BrN3O4S2/c1-2-3-17-38-23-15-11-21(12-16-23)26(35)24-25(20-9-13-22(31)14-10-20)34(28(37)27(24)36)29-32-33-30(40-29)39-18-19-7-5-4-6-8-19/h4-16,25,35H,2-3,17-18H2,1H3/b26-24+. The van der Waals surface area contributed by atoms with Crippen molar-refractivity contribution in [2.24, 2.45) is 0 Å². The molecule has 1 unspecified atom stereocenters. The Hall–Kier alpha value is -3.47. The number of anilines is 1. The van der Waals surface area contributed by atoms with E-state index in [1.165, 1.54) is 28.0 Å². The van der Waals surface area contributed by atoms with Crippen molar-refractivity contribution in [1.29, 1.82) is 0 Å². The number of ether oxygens (including phenoxy) is 1. The van der Waals surface area contributed by atoms with E-state index in [-0.39, 0.29) is 11.3 Å². The first-order chi connectivity index (χ1) is 19.5. The van der Waals surface area contributed by atoms with Crippen LogP contribution in [0, 0.1) is 0 Å². The zero-order valence-corrected chi connectivity index (χ0v) is 24.8. The molecule has 1 atom stereocenters. The average molecular weight is 637 g/mol. The quantitative estimate of drug-likeness (QED) is 0.0485. The van der Waals surface area contributed by atoms with E-state index in [4.69, 9.17) is 4.74 Å². The minimum absolute atomic E-state index is 0.000613. The molecular weight excluding hydrogens is 610 g/mol. The van der Waals surface area contributed by atoms with Crippen molar-refractivity contribution >= 4 is 61.6 Å². The topological polar surface area (TPSA) is 92.6 Å². The van der Waals surface area contributed by atoms with Gasteiger partial charge in [-0.25, -0.2) is 0 Å². The molecule has 4 aromatic rings. The Balaban J connectivity index is 1.49. The predicted molar refractivity (Wildman–Crippen MR) is 162 cm³/mol. The number of aromatic nitrogens is 2. The molecule has 0 saturated carbocycles. The molecule has 1 aromatic heterocycles. The highest BCUT2D eigenvalue weighted by Crippen LogP contribution is 2.44. The number of aliphatic hydroxyl groups is 1. The molecule has 10 heteroatoms. The molecule has 1 N–H and O–H groups in total. The number of halogens is 1. The number of hydrogen-bond donors (Lipinski definition) is 1. The van der Waals surface area contributed by atoms with Gasteiger partial charge in [0, 0.05) is 15.8 Å². The van der Waals surface area contributed by atoms with Crippen LogP contribution in [0.1, 0.15) is 42.5 Å². The number of nitrogens with zero attached hydrogens (tertiary/aromatic N) is 3. The van der Waals surface area contributed by atoms with Crippen LogP contribution in [0.4, 0.5) is 5.13 Å². The van der Waals surface area contributed by atoms with Crippen molar-refractivity contribution in [2.75, 3.05) is 11.5 Å². The van der Waals surface area contributed by atoms with Gasteiger partial charge in [-0.3, -0.25) is 14.5 Å². The number of unbranched alkanes of at least 4 members (excludes halogenated alkanes) is 1. The normalized spacial score (nSPS) is 16.4. The lowest BCUT2D eigenvalue weighted by Gasteiger charge is -2.22. The summed E-state index contributed by atoms with van der Waals surface area (Å²) in [6, 6.07) is 23.3. The van der Waals surface area contributed by atoms with Crippen LogP contribution in [0.25, 0.3) is 5.76 Å². The third-order valence-corrected chi connectivity index (χ3v) is 8.99. The van der Waals surface area contributed by atoms with Crippen molar-refractivity contribution in [3.8, 4) is 5.75 Å². The van der Waals surface area contributed by atoms with E-state index in [0.717, 1.165) is 22.9 Å². The molecule has 1 aliphatic rings. The fourth-order valence-corrected chi connectivity index (χ4v) is 6.35. The van der Waals surface area contributed by atoms with Crippen LogP contribution in [-0.4, -0.2) is 33.6 Å². The Morgan fingerprint density at radius 3 is 2.45 bits per heavy atom. The number of amides is 1. The molecule has 0 aliphatic carbocycles. The van der Waals surface area contributed by atoms with Crippen molar-refractivity contribution in [3.05, 3.63) is 106 Å². The van der Waals surface area contributed by atoms with E-state index in [9.17, 15) is 14.7 Å². The minimum Gasteiger partial charge on any atom is -0.507 e. The van der Waals surface area contributed by atoms with E-state index in [1.54, 1.807) is 24.3 Å². The SMILES string of the molecule is CCCCOc1ccc(/C(O)=C2\C(=O)C(=O)N(c3nnc(SCc4ccccc4)s3)C2c2ccc(Br)cc2)cc1. The van der Waals surface area contributed by atoms with Gasteiger partial charge in [0.15, 0.2) is 4.34 Å². The van der Waals surface area contributed by atoms with E-state index >= 15 is 0 Å². The van der Waals surface area contributed by atoms with Gasteiger partial charge >= 0.3 is 5.91 Å². The Labute approximate surface area is 249 Å². The molecule has 7 nitrogen and oxygen atoms in total. The van der Waals surface area contributed by atoms with E-state index in [1.807, 2.05) is 54.6 Å². The monoisotopic (exact) mass is 635 g/mol. The fourth-order valence-electron chi connectivity index (χ4n) is 4.27. The van der Waals surface area contributed by atoms with Gasteiger partial charge in [0.2, 0.25) is 5.13 Å². The minimum atomic E-state index is -0.867. The maximum absolute atomic E-state index is 13.4. The molecule has 0 radical (unpaired) electrons. The average Bonchev–Trinajstić information content (AvgIpc) is 3.55. The zero-order chi connectivity index (χ0) is 28.1. The van der Waals surface area contributed by atoms with Gasteiger partial charge in [0.25, 0.3) is 5.78 Å². The maximum Gasteiger partial charge on any atom is 0.301 e. The number of benzene rings is 3. The van der Waals surface area contributed by atoms with Crippen LogP contribution < -0.4 is 9.64 Å². The van der Waals surface area contributed by atoms with Crippen molar-refractivity contribution in [1.82, 2.24) is 10.2 Å². The van der Waals surface area contributed by atoms with Gasteiger partial charge in [-0.05, 0) is 53.9 Å². The van der Waals surface area contributed by atoms with Crippen molar-refractivity contribution in [3.63, 3.8) is 0 Å². The van der Waals surface area contributed by atoms with Gasteiger partial charge in [-0.15, -0.1) is 10.2 Å². The molecule has 1 amide bonds. The van der Waals surface area contributed by atoms with Crippen molar-refractivity contribution < 1.29 is 19.4 Å². The van der Waals surface area contributed by atoms with Gasteiger partial charge < -0.3 is 9.84 Å². The largest absolute Gasteiger partial charge is 0.507 e. The maximum atomic E-state index is 13.4. The zero-order valence-electron chi connectivity index (χ0n) is 21.6. The Kier molecular flexibility index (Phi) is 8.98. The Morgan fingerprint density at radius 2 is 1.75 bits per heavy atom. The molecule has 2 heterocycles. The summed E-state index contributed by atoms with van der Waals surface area (Å²) in [6.45, 7) is 2.69. The first-order valence-electron chi connectivity index (χ1n) is 12.8. The first-order valence-corrected chi connectivity index (χ1v) is 15.4. The Morgan fingerprint density at radius 1 is 1.02 bits per heavy atom. The summed E-state index contributed by atoms with van der Waals surface area (Å²) in [4.78, 5) is 28.2. The number of Topliss-reactive ketones (excluding diaryl/α,β-unsaturated/α-hetero) is 1. The first kappa shape index (κ1) is 28.1. The number of hydrogen-bond acceptors (Lipinski definition) is 8. The number of aliphatic hydroxyl groups excluding tert-OH is 1. The van der Waals surface area contributed by atoms with Crippen LogP contribution in [0.2, 0.25) is 0 Å².